The van der Waals surface area contributed by atoms with Gasteiger partial charge < -0.3 is 5.11 Å². The van der Waals surface area contributed by atoms with Crippen LogP contribution in [0.5, 0.6) is 5.75 Å². The quantitative estimate of drug-likeness (QED) is 0.813. The zero-order chi connectivity index (χ0) is 14.0. The molecule has 2 nitrogen and oxygen atoms in total. The monoisotopic (exact) mass is 258 g/mol. The maximum absolute atomic E-state index is 12.5. The van der Waals surface area contributed by atoms with E-state index in [1.807, 2.05) is 12.1 Å². The van der Waals surface area contributed by atoms with E-state index in [9.17, 15) is 9.90 Å². The van der Waals surface area contributed by atoms with E-state index in [2.05, 4.69) is 20.8 Å². The van der Waals surface area contributed by atoms with E-state index in [0.29, 0.717) is 11.8 Å². The Hall–Kier alpha value is -1.57. The SMILES string of the molecule is CC(C)[C@@H]1CC[C@H](C)C(=Cc2cccc(O)c2)C1=O. The maximum atomic E-state index is 12.5. The second-order valence-corrected chi connectivity index (χ2v) is 5.89. The van der Waals surface area contributed by atoms with Gasteiger partial charge in [-0.25, -0.2) is 0 Å². The smallest absolute Gasteiger partial charge is 0.162 e. The number of hydrogen-bond acceptors (Lipinski definition) is 2. The predicted molar refractivity (Wildman–Crippen MR) is 77.8 cm³/mol. The lowest BCUT2D eigenvalue weighted by Crippen LogP contribution is -2.30. The summed E-state index contributed by atoms with van der Waals surface area (Å²) in [7, 11) is 0. The van der Waals surface area contributed by atoms with Crippen molar-refractivity contribution in [3.63, 3.8) is 0 Å². The van der Waals surface area contributed by atoms with Crippen LogP contribution < -0.4 is 0 Å². The number of rotatable bonds is 2. The van der Waals surface area contributed by atoms with Gasteiger partial charge in [0, 0.05) is 5.92 Å². The van der Waals surface area contributed by atoms with Gasteiger partial charge in [0.2, 0.25) is 0 Å². The first-order valence-corrected chi connectivity index (χ1v) is 7.04. The van der Waals surface area contributed by atoms with Gasteiger partial charge in [-0.2, -0.15) is 0 Å². The summed E-state index contributed by atoms with van der Waals surface area (Å²) in [6.07, 6.45) is 4.01. The molecule has 1 aliphatic rings. The van der Waals surface area contributed by atoms with E-state index >= 15 is 0 Å². The Bertz CT molecular complexity index is 500. The molecule has 0 heterocycles. The highest BCUT2D eigenvalue weighted by molar-refractivity contribution is 6.02. The molecule has 1 N–H and O–H groups in total. The second kappa shape index (κ2) is 5.60. The fraction of sp³-hybridized carbons (Fsp3) is 0.471. The first kappa shape index (κ1) is 13.9. The molecule has 2 rings (SSSR count). The number of Topliss-reactive ketones (excluding diaryl/α,β-unsaturated/α-hetero) is 1. The van der Waals surface area contributed by atoms with Crippen molar-refractivity contribution in [2.75, 3.05) is 0 Å². The number of hydrogen-bond donors (Lipinski definition) is 1. The third-order valence-electron chi connectivity index (χ3n) is 4.06. The Morgan fingerprint density at radius 2 is 2.05 bits per heavy atom. The van der Waals surface area contributed by atoms with Crippen molar-refractivity contribution in [2.45, 2.75) is 33.6 Å². The third-order valence-corrected chi connectivity index (χ3v) is 4.06. The molecule has 102 valence electrons. The molecule has 1 aromatic carbocycles. The number of aromatic hydroxyl groups is 1. The summed E-state index contributed by atoms with van der Waals surface area (Å²) in [5, 5.41) is 9.50. The fourth-order valence-electron chi connectivity index (χ4n) is 2.82. The van der Waals surface area contributed by atoms with E-state index in [1.165, 1.54) is 0 Å². The van der Waals surface area contributed by atoms with Crippen LogP contribution in [0.3, 0.4) is 0 Å². The molecule has 1 aliphatic carbocycles. The van der Waals surface area contributed by atoms with Crippen LogP contribution in [0.25, 0.3) is 6.08 Å². The van der Waals surface area contributed by atoms with Crippen LogP contribution in [0.2, 0.25) is 0 Å². The minimum Gasteiger partial charge on any atom is -0.508 e. The van der Waals surface area contributed by atoms with Crippen LogP contribution in [0, 0.1) is 17.8 Å². The van der Waals surface area contributed by atoms with Crippen LogP contribution in [-0.4, -0.2) is 10.9 Å². The average Bonchev–Trinajstić information content (AvgIpc) is 2.34. The molecule has 1 aromatic rings. The molecule has 1 fully saturated rings. The van der Waals surface area contributed by atoms with Crippen molar-refractivity contribution in [1.82, 2.24) is 0 Å². The van der Waals surface area contributed by atoms with Gasteiger partial charge in [0.25, 0.3) is 0 Å². The van der Waals surface area contributed by atoms with E-state index in [4.69, 9.17) is 0 Å². The minimum atomic E-state index is 0.153. The lowest BCUT2D eigenvalue weighted by Gasteiger charge is -2.30. The predicted octanol–water partition coefficient (Wildman–Crippen LogP) is 4.05. The second-order valence-electron chi connectivity index (χ2n) is 5.89. The number of phenols is 1. The van der Waals surface area contributed by atoms with Gasteiger partial charge in [-0.05, 0) is 54.0 Å². The molecule has 0 bridgehead atoms. The zero-order valence-electron chi connectivity index (χ0n) is 11.9. The molecule has 0 aliphatic heterocycles. The lowest BCUT2D eigenvalue weighted by molar-refractivity contribution is -0.122. The van der Waals surface area contributed by atoms with Gasteiger partial charge in [-0.3, -0.25) is 4.79 Å². The summed E-state index contributed by atoms with van der Waals surface area (Å²) in [5.74, 6) is 1.39. The van der Waals surface area contributed by atoms with Crippen molar-refractivity contribution >= 4 is 11.9 Å². The molecule has 2 heteroatoms. The van der Waals surface area contributed by atoms with Gasteiger partial charge in [-0.15, -0.1) is 0 Å². The molecule has 19 heavy (non-hydrogen) atoms. The van der Waals surface area contributed by atoms with Gasteiger partial charge in [0.1, 0.15) is 5.75 Å². The summed E-state index contributed by atoms with van der Waals surface area (Å²) in [4.78, 5) is 12.5. The molecular formula is C17H22O2. The van der Waals surface area contributed by atoms with Crippen LogP contribution >= 0.6 is 0 Å². The number of carbonyl (C=O) groups excluding carboxylic acids is 1. The fourth-order valence-corrected chi connectivity index (χ4v) is 2.82. The van der Waals surface area contributed by atoms with Crippen LogP contribution in [0.4, 0.5) is 0 Å². The Kier molecular flexibility index (Phi) is 4.08. The number of carbonyl (C=O) groups is 1. The van der Waals surface area contributed by atoms with E-state index in [1.54, 1.807) is 18.2 Å². The minimum absolute atomic E-state index is 0.153. The highest BCUT2D eigenvalue weighted by Crippen LogP contribution is 2.35. The maximum Gasteiger partial charge on any atom is 0.162 e. The molecule has 0 aromatic heterocycles. The van der Waals surface area contributed by atoms with Crippen LogP contribution in [-0.2, 0) is 4.79 Å². The van der Waals surface area contributed by atoms with Crippen LogP contribution in [0.15, 0.2) is 29.8 Å². The topological polar surface area (TPSA) is 37.3 Å². The molecule has 0 radical (unpaired) electrons. The summed E-state index contributed by atoms with van der Waals surface area (Å²) >= 11 is 0. The molecule has 0 amide bonds. The first-order valence-electron chi connectivity index (χ1n) is 7.04. The van der Waals surface area contributed by atoms with Gasteiger partial charge in [0.05, 0.1) is 0 Å². The van der Waals surface area contributed by atoms with Crippen molar-refractivity contribution in [1.29, 1.82) is 0 Å². The summed E-state index contributed by atoms with van der Waals surface area (Å²) in [5.41, 5.74) is 1.81. The number of benzene rings is 1. The normalized spacial score (nSPS) is 26.1. The molecule has 0 saturated heterocycles. The van der Waals surface area contributed by atoms with Crippen molar-refractivity contribution in [2.24, 2.45) is 17.8 Å². The van der Waals surface area contributed by atoms with Gasteiger partial charge in [-0.1, -0.05) is 32.9 Å². The number of allylic oxidation sites excluding steroid dienone is 1. The van der Waals surface area contributed by atoms with E-state index < -0.39 is 0 Å². The van der Waals surface area contributed by atoms with Crippen LogP contribution in [0.1, 0.15) is 39.2 Å². The zero-order valence-corrected chi connectivity index (χ0v) is 11.9. The van der Waals surface area contributed by atoms with Gasteiger partial charge >= 0.3 is 0 Å². The average molecular weight is 258 g/mol. The third kappa shape index (κ3) is 3.06. The Labute approximate surface area is 115 Å². The van der Waals surface area contributed by atoms with Gasteiger partial charge in [0.15, 0.2) is 5.78 Å². The molecule has 1 saturated carbocycles. The standard InChI is InChI=1S/C17H22O2/c1-11(2)15-8-7-12(3)16(17(15)19)10-13-5-4-6-14(18)9-13/h4-6,9-12,15,18H,7-8H2,1-3H3/t12-,15-/m0/s1. The lowest BCUT2D eigenvalue weighted by atomic mass is 9.73. The molecular weight excluding hydrogens is 236 g/mol. The summed E-state index contributed by atoms with van der Waals surface area (Å²) < 4.78 is 0. The highest BCUT2D eigenvalue weighted by atomic mass is 16.3. The molecule has 2 atom stereocenters. The highest BCUT2D eigenvalue weighted by Gasteiger charge is 2.32. The number of ketones is 1. The van der Waals surface area contributed by atoms with Crippen molar-refractivity contribution < 1.29 is 9.90 Å². The largest absolute Gasteiger partial charge is 0.508 e. The Morgan fingerprint density at radius 3 is 2.68 bits per heavy atom. The Balaban J connectivity index is 2.32. The van der Waals surface area contributed by atoms with E-state index in [0.717, 1.165) is 24.0 Å². The first-order chi connectivity index (χ1) is 8.99. The van der Waals surface area contributed by atoms with Crippen molar-refractivity contribution in [3.8, 4) is 5.75 Å². The molecule has 0 spiro atoms. The van der Waals surface area contributed by atoms with Crippen molar-refractivity contribution in [3.05, 3.63) is 35.4 Å². The Morgan fingerprint density at radius 1 is 1.32 bits per heavy atom. The summed E-state index contributed by atoms with van der Waals surface area (Å²) in [6, 6.07) is 7.07. The molecule has 0 unspecified atom stereocenters. The number of phenolic OH excluding ortho intramolecular Hbond substituents is 1. The summed E-state index contributed by atoms with van der Waals surface area (Å²) in [6.45, 7) is 6.35. The van der Waals surface area contributed by atoms with E-state index in [-0.39, 0.29) is 17.5 Å².